The van der Waals surface area contributed by atoms with E-state index < -0.39 is 12.1 Å². The number of nitriles is 1. The molecule has 0 saturated carbocycles. The predicted molar refractivity (Wildman–Crippen MR) is 101 cm³/mol. The smallest absolute Gasteiger partial charge is 0.349 e. The van der Waals surface area contributed by atoms with Crippen molar-refractivity contribution in [2.75, 3.05) is 26.8 Å². The van der Waals surface area contributed by atoms with Gasteiger partial charge in [-0.2, -0.15) is 5.26 Å². The lowest BCUT2D eigenvalue weighted by molar-refractivity contribution is -0.155. The Hall–Kier alpha value is -2.59. The van der Waals surface area contributed by atoms with E-state index in [-0.39, 0.29) is 11.5 Å². The van der Waals surface area contributed by atoms with Gasteiger partial charge in [-0.1, -0.05) is 0 Å². The summed E-state index contributed by atoms with van der Waals surface area (Å²) in [6.45, 7) is 8.07. The van der Waals surface area contributed by atoms with Gasteiger partial charge >= 0.3 is 5.97 Å². The summed E-state index contributed by atoms with van der Waals surface area (Å²) in [4.78, 5) is 26.3. The molecule has 7 heteroatoms. The van der Waals surface area contributed by atoms with Crippen molar-refractivity contribution in [2.24, 2.45) is 0 Å². The number of nitrogens with zero attached hydrogens (tertiary/aromatic N) is 3. The molecular weight excluding hydrogens is 346 g/mol. The quantitative estimate of drug-likeness (QED) is 0.416. The van der Waals surface area contributed by atoms with Crippen LogP contribution >= 0.6 is 0 Å². The molecule has 2 rings (SSSR count). The van der Waals surface area contributed by atoms with Gasteiger partial charge in [0.15, 0.2) is 6.10 Å². The summed E-state index contributed by atoms with van der Waals surface area (Å²) in [7, 11) is 1.64. The van der Waals surface area contributed by atoms with Crippen molar-refractivity contribution < 1.29 is 19.1 Å². The highest BCUT2D eigenvalue weighted by atomic mass is 16.5. The van der Waals surface area contributed by atoms with Gasteiger partial charge in [0.2, 0.25) is 0 Å². The van der Waals surface area contributed by atoms with E-state index in [9.17, 15) is 14.9 Å². The molecule has 146 valence electrons. The van der Waals surface area contributed by atoms with Crippen molar-refractivity contribution in [3.8, 4) is 6.07 Å². The van der Waals surface area contributed by atoms with Gasteiger partial charge in [-0.3, -0.25) is 4.79 Å². The number of aromatic nitrogens is 1. The summed E-state index contributed by atoms with van der Waals surface area (Å²) in [5.74, 6) is -0.991. The van der Waals surface area contributed by atoms with E-state index >= 15 is 0 Å². The van der Waals surface area contributed by atoms with Crippen LogP contribution in [0.3, 0.4) is 0 Å². The van der Waals surface area contributed by atoms with Crippen LogP contribution < -0.4 is 0 Å². The molecule has 1 aliphatic heterocycles. The molecule has 0 radical (unpaired) electrons. The number of carbonyl (C=O) groups is 2. The van der Waals surface area contributed by atoms with Gasteiger partial charge in [-0.25, -0.2) is 4.79 Å². The highest BCUT2D eigenvalue weighted by Crippen LogP contribution is 2.19. The molecule has 1 fully saturated rings. The van der Waals surface area contributed by atoms with Crippen LogP contribution in [-0.2, 0) is 25.6 Å². The Bertz CT molecular complexity index is 767. The van der Waals surface area contributed by atoms with Crippen LogP contribution in [0.5, 0.6) is 0 Å². The third-order valence-electron chi connectivity index (χ3n) is 4.82. The first-order valence-corrected chi connectivity index (χ1v) is 9.16. The number of hydrogen-bond donors (Lipinski definition) is 0. The fraction of sp³-hybridized carbons (Fsp3) is 0.550. The summed E-state index contributed by atoms with van der Waals surface area (Å²) >= 11 is 0. The van der Waals surface area contributed by atoms with E-state index in [0.29, 0.717) is 26.2 Å². The Morgan fingerprint density at radius 2 is 2.00 bits per heavy atom. The molecule has 1 aromatic rings. The van der Waals surface area contributed by atoms with Crippen LogP contribution in [0.4, 0.5) is 0 Å². The Morgan fingerprint density at radius 1 is 1.33 bits per heavy atom. The molecule has 27 heavy (non-hydrogen) atoms. The fourth-order valence-corrected chi connectivity index (χ4v) is 3.26. The minimum Gasteiger partial charge on any atom is -0.448 e. The fourth-order valence-electron chi connectivity index (χ4n) is 3.26. The van der Waals surface area contributed by atoms with Gasteiger partial charge < -0.3 is 18.9 Å². The Kier molecular flexibility index (Phi) is 7.19. The highest BCUT2D eigenvalue weighted by molar-refractivity contribution is 5.99. The number of hydrogen-bond acceptors (Lipinski definition) is 5. The number of carbonyl (C=O) groups excluding carboxylic acids is 2. The lowest BCUT2D eigenvalue weighted by Crippen LogP contribution is -2.38. The van der Waals surface area contributed by atoms with E-state index in [1.807, 2.05) is 26.0 Å². The second-order valence-electron chi connectivity index (χ2n) is 6.72. The standard InChI is InChI=1S/C20H27N3O4/c1-14-11-17(15(2)23(14)9-10-26-4)12-18(13-21)20(25)27-16(3)19(24)22-7-5-6-8-22/h11-12,16H,5-10H2,1-4H3/b18-12+/t16-/m1/s1. The number of methoxy groups -OCH3 is 1. The molecule has 0 aromatic carbocycles. The van der Waals surface area contributed by atoms with Gasteiger partial charge in [0.1, 0.15) is 11.6 Å². The molecule has 7 nitrogen and oxygen atoms in total. The third-order valence-corrected chi connectivity index (χ3v) is 4.82. The lowest BCUT2D eigenvalue weighted by atomic mass is 10.1. The van der Waals surface area contributed by atoms with Gasteiger partial charge in [0.25, 0.3) is 5.91 Å². The molecule has 1 aliphatic rings. The second kappa shape index (κ2) is 9.38. The number of esters is 1. The molecule has 0 bridgehead atoms. The topological polar surface area (TPSA) is 84.6 Å². The maximum Gasteiger partial charge on any atom is 0.349 e. The summed E-state index contributed by atoms with van der Waals surface area (Å²) in [6, 6.07) is 3.80. The average molecular weight is 373 g/mol. The summed E-state index contributed by atoms with van der Waals surface area (Å²) in [6.07, 6.45) is 2.55. The van der Waals surface area contributed by atoms with E-state index in [1.54, 1.807) is 18.9 Å². The lowest BCUT2D eigenvalue weighted by Gasteiger charge is -2.20. The molecule has 1 atom stereocenters. The SMILES string of the molecule is COCCn1c(C)cc(/C=C(\C#N)C(=O)O[C@H](C)C(=O)N2CCCC2)c1C. The van der Waals surface area contributed by atoms with Crippen LogP contribution in [0.1, 0.15) is 36.7 Å². The molecule has 1 amide bonds. The molecule has 1 aromatic heterocycles. The molecule has 0 spiro atoms. The average Bonchev–Trinajstić information content (AvgIpc) is 3.26. The van der Waals surface area contributed by atoms with Gasteiger partial charge in [0.05, 0.1) is 6.61 Å². The van der Waals surface area contributed by atoms with Crippen molar-refractivity contribution >= 4 is 18.0 Å². The first kappa shape index (κ1) is 20.7. The van der Waals surface area contributed by atoms with Crippen LogP contribution in [0.25, 0.3) is 6.08 Å². The number of likely N-dealkylation sites (tertiary alicyclic amines) is 1. The van der Waals surface area contributed by atoms with E-state index in [1.165, 1.54) is 6.08 Å². The zero-order valence-corrected chi connectivity index (χ0v) is 16.4. The molecule has 1 saturated heterocycles. The minimum atomic E-state index is -0.901. The Balaban J connectivity index is 2.12. The van der Waals surface area contributed by atoms with Crippen molar-refractivity contribution in [1.29, 1.82) is 5.26 Å². The van der Waals surface area contributed by atoms with E-state index in [2.05, 4.69) is 4.57 Å². The van der Waals surface area contributed by atoms with Crippen LogP contribution in [0.2, 0.25) is 0 Å². The maximum atomic E-state index is 12.4. The Labute approximate surface area is 160 Å². The number of rotatable bonds is 7. The largest absolute Gasteiger partial charge is 0.448 e. The summed E-state index contributed by atoms with van der Waals surface area (Å²) in [5.41, 5.74) is 2.60. The second-order valence-corrected chi connectivity index (χ2v) is 6.72. The minimum absolute atomic E-state index is 0.122. The van der Waals surface area contributed by atoms with Crippen molar-refractivity contribution in [1.82, 2.24) is 9.47 Å². The summed E-state index contributed by atoms with van der Waals surface area (Å²) in [5, 5.41) is 9.39. The van der Waals surface area contributed by atoms with Crippen molar-refractivity contribution in [3.63, 3.8) is 0 Å². The number of ether oxygens (including phenoxy) is 2. The molecule has 2 heterocycles. The zero-order valence-electron chi connectivity index (χ0n) is 16.4. The van der Waals surface area contributed by atoms with E-state index in [4.69, 9.17) is 9.47 Å². The molecule has 0 N–H and O–H groups in total. The van der Waals surface area contributed by atoms with Crippen LogP contribution in [0.15, 0.2) is 11.6 Å². The first-order chi connectivity index (χ1) is 12.9. The molecule has 0 aliphatic carbocycles. The van der Waals surface area contributed by atoms with Crippen molar-refractivity contribution in [3.05, 3.63) is 28.6 Å². The zero-order chi connectivity index (χ0) is 20.0. The van der Waals surface area contributed by atoms with Crippen LogP contribution in [0, 0.1) is 25.2 Å². The van der Waals surface area contributed by atoms with E-state index in [0.717, 1.165) is 29.8 Å². The van der Waals surface area contributed by atoms with Gasteiger partial charge in [-0.05, 0) is 51.3 Å². The normalized spacial score (nSPS) is 15.5. The highest BCUT2D eigenvalue weighted by Gasteiger charge is 2.27. The number of amides is 1. The monoisotopic (exact) mass is 373 g/mol. The molecule has 0 unspecified atom stereocenters. The molecular formula is C20H27N3O4. The third kappa shape index (κ3) is 4.98. The van der Waals surface area contributed by atoms with Crippen molar-refractivity contribution in [2.45, 2.75) is 46.3 Å². The number of aryl methyl sites for hydroxylation is 1. The summed E-state index contributed by atoms with van der Waals surface area (Å²) < 4.78 is 12.4. The first-order valence-electron chi connectivity index (χ1n) is 9.16. The predicted octanol–water partition coefficient (Wildman–Crippen LogP) is 2.21. The Morgan fingerprint density at radius 3 is 2.59 bits per heavy atom. The van der Waals surface area contributed by atoms with Crippen LogP contribution in [-0.4, -0.2) is 54.3 Å². The van der Waals surface area contributed by atoms with Gasteiger partial charge in [-0.15, -0.1) is 0 Å². The van der Waals surface area contributed by atoms with Gasteiger partial charge in [0, 0.05) is 38.1 Å². The maximum absolute atomic E-state index is 12.4.